The van der Waals surface area contributed by atoms with Gasteiger partial charge in [0.1, 0.15) is 23.3 Å². The summed E-state index contributed by atoms with van der Waals surface area (Å²) in [6.07, 6.45) is -2.51. The van der Waals surface area contributed by atoms with Crippen molar-refractivity contribution < 1.29 is 51.8 Å². The van der Waals surface area contributed by atoms with E-state index in [0.717, 1.165) is 120 Å². The summed E-state index contributed by atoms with van der Waals surface area (Å²) in [5.74, 6) is 3.40. The molecule has 2 atom stereocenters. The topological polar surface area (TPSA) is 198 Å². The van der Waals surface area contributed by atoms with E-state index in [-0.39, 0.29) is 52.3 Å². The normalized spacial score (nSPS) is 19.4. The van der Waals surface area contributed by atoms with Crippen LogP contribution in [0.25, 0.3) is 11.1 Å². The molecule has 4 amide bonds. The third kappa shape index (κ3) is 20.1. The molecule has 472 valence electrons. The third-order valence-electron chi connectivity index (χ3n) is 16.1. The van der Waals surface area contributed by atoms with Gasteiger partial charge in [0.25, 0.3) is 0 Å². The first-order valence-electron chi connectivity index (χ1n) is 28.9. The second-order valence-corrected chi connectivity index (χ2v) is 25.9. The Balaban J connectivity index is 0.000000240. The fourth-order valence-electron chi connectivity index (χ4n) is 10.2. The molecule has 2 aromatic heterocycles. The van der Waals surface area contributed by atoms with E-state index in [1.165, 1.54) is 4.90 Å². The van der Waals surface area contributed by atoms with Gasteiger partial charge in [-0.3, -0.25) is 0 Å². The van der Waals surface area contributed by atoms with Crippen LogP contribution < -0.4 is 36.5 Å². The molecule has 5 aliphatic rings. The molecule has 0 aliphatic carbocycles. The molecule has 4 aromatic rings. The fourth-order valence-corrected chi connectivity index (χ4v) is 10.8. The van der Waals surface area contributed by atoms with E-state index in [4.69, 9.17) is 23.8 Å². The molecule has 0 bridgehead atoms. The summed E-state index contributed by atoms with van der Waals surface area (Å²) in [4.78, 5) is 42.7. The van der Waals surface area contributed by atoms with Gasteiger partial charge >= 0.3 is 25.4 Å². The second-order valence-electron chi connectivity index (χ2n) is 24.6. The van der Waals surface area contributed by atoms with Crippen molar-refractivity contribution in [3.63, 3.8) is 0 Å². The van der Waals surface area contributed by atoms with E-state index in [0.29, 0.717) is 43.6 Å². The number of nitrogens with one attached hydrogen (secondary N) is 4. The van der Waals surface area contributed by atoms with Crippen LogP contribution in [0.5, 0.6) is 0 Å². The predicted molar refractivity (Wildman–Crippen MR) is 349 cm³/mol. The number of carbonyl (C=O) groups excluding carboxylic acids is 2. The quantitative estimate of drug-likeness (QED) is 0.0515. The van der Waals surface area contributed by atoms with Gasteiger partial charge in [-0.15, -0.1) is 0 Å². The van der Waals surface area contributed by atoms with E-state index >= 15 is 0 Å². The number of urea groups is 2. The van der Waals surface area contributed by atoms with Gasteiger partial charge < -0.3 is 69.9 Å². The van der Waals surface area contributed by atoms with Gasteiger partial charge in [0.2, 0.25) is 0 Å². The molecule has 0 spiro atoms. The number of aliphatic hydroxyl groups excluding tert-OH is 2. The van der Waals surface area contributed by atoms with Crippen LogP contribution in [0.15, 0.2) is 60.7 Å². The second kappa shape index (κ2) is 30.4. The number of halogens is 4. The number of carbonyl (C=O) groups is 2. The molecule has 0 unspecified atom stereocenters. The van der Waals surface area contributed by atoms with Gasteiger partial charge in [-0.05, 0) is 187 Å². The zero-order chi connectivity index (χ0) is 60.5. The molecule has 9 rings (SSSR count). The van der Waals surface area contributed by atoms with E-state index in [1.54, 1.807) is 12.1 Å². The van der Waals surface area contributed by atoms with Gasteiger partial charge in [-0.1, -0.05) is 38.5 Å². The number of morpholine rings is 2. The third-order valence-corrected chi connectivity index (χ3v) is 16.7. The van der Waals surface area contributed by atoms with E-state index in [1.807, 2.05) is 104 Å². The van der Waals surface area contributed by atoms with Crippen molar-refractivity contribution in [2.75, 3.05) is 123 Å². The highest BCUT2D eigenvalue weighted by Crippen LogP contribution is 2.38. The molecule has 6 N–H and O–H groups in total. The predicted octanol–water partition coefficient (Wildman–Crippen LogP) is 10.9. The number of likely N-dealkylation sites (tertiary alicyclic amines) is 2. The van der Waals surface area contributed by atoms with Crippen LogP contribution in [-0.2, 0) is 18.8 Å². The highest BCUT2D eigenvalue weighted by Gasteiger charge is 2.52. The Morgan fingerprint density at radius 3 is 1.62 bits per heavy atom. The largest absolute Gasteiger partial charge is 0.495 e. The Bertz CT molecular complexity index is 2830. The van der Waals surface area contributed by atoms with Crippen molar-refractivity contribution in [3.8, 4) is 11.1 Å². The van der Waals surface area contributed by atoms with E-state index in [9.17, 15) is 33.0 Å². The first-order chi connectivity index (χ1) is 39.0. The maximum Gasteiger partial charge on any atom is 0.495 e. The highest BCUT2D eigenvalue weighted by atomic mass is 127. The number of aryl methyl sites for hydroxylation is 2. The maximum atomic E-state index is 12.9. The Morgan fingerprint density at radius 2 is 1.14 bits per heavy atom. The lowest BCUT2D eigenvalue weighted by molar-refractivity contribution is -0.143. The zero-order valence-electron chi connectivity index (χ0n) is 50.8. The summed E-state index contributed by atoms with van der Waals surface area (Å²) in [6.45, 7) is 30.1. The number of nitrogens with zero attached hydrogens (tertiary/aromatic N) is 6. The van der Waals surface area contributed by atoms with Crippen LogP contribution in [0.2, 0.25) is 0 Å². The average Bonchev–Trinajstić information content (AvgIpc) is 2.51. The number of aliphatic hydroxyl groups is 2. The molecule has 5 fully saturated rings. The highest BCUT2D eigenvalue weighted by molar-refractivity contribution is 14.1. The van der Waals surface area contributed by atoms with Gasteiger partial charge in [0.15, 0.2) is 0 Å². The number of hydrogen-bond donors (Lipinski definition) is 6. The van der Waals surface area contributed by atoms with Crippen LogP contribution in [0.4, 0.5) is 57.4 Å². The standard InChI is InChI=1S/C27H39N5O3.C20H28BF3N2O3.C13H20IN3O2.CH4.H2S/c1-5-20-8-9-32(17-20)26(34)28-22-7-6-19(2)23(16-22)21-14-24(30-27(3,4)18-33)29-25(15-21)31-10-12-35-13-11-31;1-13-6-7-15(10-16(13)21-28-18(2,3)19(4,5)29-21)25-17(27)26-9-8-14(12-26)11-20(22,23)24;1-13(2,9-18)16-11-7-10(14)8-12(15-11)17-3-5-19-6-4-17;;/h6-7,14-16,20,33H,5,8-13,17-18H2,1-4H3,(H,28,34)(H,29,30);6-7,10,14H,8-9,11-12H2,1-5H3,(H,25,27);7-8,18H,3-6,9H2,1-2H3,(H,15,16);1H4;1H2/t20-;14-;;;/m10.../s1. The zero-order valence-corrected chi connectivity index (χ0v) is 53.9. The summed E-state index contributed by atoms with van der Waals surface area (Å²) >= 11 is 2.29. The molecule has 18 nitrogen and oxygen atoms in total. The number of alkyl halides is 3. The molecule has 7 heterocycles. The van der Waals surface area contributed by atoms with E-state index < -0.39 is 48.4 Å². The van der Waals surface area contributed by atoms with Crippen LogP contribution in [0.1, 0.15) is 107 Å². The first-order valence-corrected chi connectivity index (χ1v) is 30.0. The van der Waals surface area contributed by atoms with Crippen LogP contribution in [0, 0.1) is 29.3 Å². The minimum absolute atomic E-state index is 0. The van der Waals surface area contributed by atoms with Crippen molar-refractivity contribution in [2.24, 2.45) is 11.8 Å². The number of aromatic nitrogens is 2. The van der Waals surface area contributed by atoms with Gasteiger partial charge in [0.05, 0.1) is 61.9 Å². The van der Waals surface area contributed by atoms with Crippen molar-refractivity contribution in [3.05, 3.63) is 75.4 Å². The number of rotatable bonds is 14. The van der Waals surface area contributed by atoms with E-state index in [2.05, 4.69) is 84.6 Å². The van der Waals surface area contributed by atoms with Gasteiger partial charge in [-0.25, -0.2) is 19.6 Å². The summed E-state index contributed by atoms with van der Waals surface area (Å²) in [5, 5.41) is 31.6. The molecular formula is C61H93BF3IN10O8S. The van der Waals surface area contributed by atoms with Crippen molar-refractivity contribution in [2.45, 2.75) is 138 Å². The Morgan fingerprint density at radius 1 is 0.682 bits per heavy atom. The number of amides is 4. The van der Waals surface area contributed by atoms with Crippen LogP contribution in [-0.4, -0.2) is 170 Å². The number of anilines is 6. The van der Waals surface area contributed by atoms with Crippen molar-refractivity contribution in [1.29, 1.82) is 0 Å². The Labute approximate surface area is 523 Å². The van der Waals surface area contributed by atoms with Crippen LogP contribution >= 0.6 is 36.1 Å². The van der Waals surface area contributed by atoms with Gasteiger partial charge in [0, 0.05) is 73.7 Å². The fraction of sp³-hybridized carbons (Fsp3) is 0.607. The molecule has 24 heteroatoms. The number of ether oxygens (including phenoxy) is 2. The molecule has 5 aliphatic heterocycles. The molecular weight excluding hydrogens is 1230 g/mol. The SMILES string of the molecule is C.CC(C)(CO)Nc1cc(I)cc(N2CCOCC2)n1.CC[C@@H]1CCN(C(=O)Nc2ccc(C)c(-c3cc(NC(C)(C)CO)nc(N4CCOCC4)c3)c2)C1.Cc1ccc(NC(=O)N2CC[C@@H](CC(F)(F)F)C2)cc1B1OC(C)(C)C(C)(C)O1.S. The lowest BCUT2D eigenvalue weighted by Gasteiger charge is -2.32. The molecule has 0 radical (unpaired) electrons. The summed E-state index contributed by atoms with van der Waals surface area (Å²) < 4.78 is 62.0. The summed E-state index contributed by atoms with van der Waals surface area (Å²) in [7, 11) is -0.556. The van der Waals surface area contributed by atoms with Gasteiger partial charge in [-0.2, -0.15) is 26.7 Å². The lowest BCUT2D eigenvalue weighted by Crippen LogP contribution is -2.41. The van der Waals surface area contributed by atoms with Crippen molar-refractivity contribution >= 4 is 95.4 Å². The number of hydrogen-bond acceptors (Lipinski definition) is 14. The number of benzene rings is 2. The minimum Gasteiger partial charge on any atom is -0.399 e. The Hall–Kier alpha value is -4.83. The maximum absolute atomic E-state index is 12.9. The smallest absolute Gasteiger partial charge is 0.399 e. The number of pyridine rings is 2. The lowest BCUT2D eigenvalue weighted by atomic mass is 9.76. The minimum atomic E-state index is -4.20. The van der Waals surface area contributed by atoms with Crippen LogP contribution in [0.3, 0.4) is 0 Å². The van der Waals surface area contributed by atoms with Crippen molar-refractivity contribution in [1.82, 2.24) is 19.8 Å². The average molecular weight is 1320 g/mol. The summed E-state index contributed by atoms with van der Waals surface area (Å²) in [5.41, 5.74) is 4.45. The summed E-state index contributed by atoms with van der Waals surface area (Å²) in [6, 6.07) is 19.2. The first kappa shape index (κ1) is 70.9. The molecule has 2 aromatic carbocycles. The monoisotopic (exact) mass is 1320 g/mol. The molecule has 5 saturated heterocycles. The molecule has 0 saturated carbocycles. The Kier molecular flexibility index (Phi) is 25.4. The molecule has 85 heavy (non-hydrogen) atoms.